The molecule has 0 amide bonds. The quantitative estimate of drug-likeness (QED) is 0.943. The average Bonchev–Trinajstić information content (AvgIpc) is 3.04. The number of furan rings is 1. The largest absolute Gasteiger partial charge is 0.465 e. The Morgan fingerprint density at radius 1 is 1.32 bits per heavy atom. The van der Waals surface area contributed by atoms with E-state index in [0.29, 0.717) is 31.9 Å². The molecule has 5 nitrogen and oxygen atoms in total. The van der Waals surface area contributed by atoms with Crippen molar-refractivity contribution in [1.29, 1.82) is 0 Å². The highest BCUT2D eigenvalue weighted by atomic mass is 19.4. The minimum Gasteiger partial charge on any atom is -0.465 e. The highest BCUT2D eigenvalue weighted by molar-refractivity contribution is 5.08. The Morgan fingerprint density at radius 2 is 2.14 bits per heavy atom. The first-order valence-corrected chi connectivity index (χ1v) is 7.20. The van der Waals surface area contributed by atoms with Crippen LogP contribution < -0.4 is 5.32 Å². The van der Waals surface area contributed by atoms with Crippen molar-refractivity contribution in [3.05, 3.63) is 35.3 Å². The summed E-state index contributed by atoms with van der Waals surface area (Å²) in [5.74, 6) is 0.667. The first-order valence-electron chi connectivity index (χ1n) is 7.20. The predicted octanol–water partition coefficient (Wildman–Crippen LogP) is 2.91. The van der Waals surface area contributed by atoms with Gasteiger partial charge >= 0.3 is 6.18 Å². The molecule has 120 valence electrons. The fourth-order valence-corrected chi connectivity index (χ4v) is 2.75. The van der Waals surface area contributed by atoms with E-state index in [-0.39, 0.29) is 12.2 Å². The predicted molar refractivity (Wildman–Crippen MR) is 72.0 cm³/mol. The van der Waals surface area contributed by atoms with Gasteiger partial charge in [0.1, 0.15) is 29.1 Å². The van der Waals surface area contributed by atoms with Crippen LogP contribution in [0.25, 0.3) is 0 Å². The molecule has 0 aliphatic carbocycles. The fourth-order valence-electron chi connectivity index (χ4n) is 2.75. The highest BCUT2D eigenvalue weighted by Crippen LogP contribution is 2.40. The SMILES string of the molecule is Cc1ccc(CNCc2nnc3n2CCCC3C(F)(F)F)o1. The number of halogens is 3. The van der Waals surface area contributed by atoms with Crippen molar-refractivity contribution in [3.63, 3.8) is 0 Å². The molecule has 0 saturated carbocycles. The van der Waals surface area contributed by atoms with Gasteiger partial charge in [0.2, 0.25) is 0 Å². The normalized spacial score (nSPS) is 18.5. The van der Waals surface area contributed by atoms with Gasteiger partial charge in [-0.05, 0) is 31.9 Å². The second kappa shape index (κ2) is 5.75. The molecule has 3 rings (SSSR count). The molecule has 1 unspecified atom stereocenters. The molecular weight excluding hydrogens is 297 g/mol. The molecular formula is C14H17F3N4O. The number of alkyl halides is 3. The van der Waals surface area contributed by atoms with Crippen molar-refractivity contribution >= 4 is 0 Å². The number of fused-ring (bicyclic) bond motifs is 1. The van der Waals surface area contributed by atoms with Gasteiger partial charge in [-0.1, -0.05) is 0 Å². The first-order chi connectivity index (χ1) is 10.4. The van der Waals surface area contributed by atoms with Crippen LogP contribution in [0.4, 0.5) is 13.2 Å². The van der Waals surface area contributed by atoms with Gasteiger partial charge in [-0.3, -0.25) is 0 Å². The summed E-state index contributed by atoms with van der Waals surface area (Å²) in [7, 11) is 0. The van der Waals surface area contributed by atoms with Gasteiger partial charge in [0, 0.05) is 6.54 Å². The zero-order chi connectivity index (χ0) is 15.7. The van der Waals surface area contributed by atoms with Crippen LogP contribution in [0.15, 0.2) is 16.5 Å². The van der Waals surface area contributed by atoms with Gasteiger partial charge in [0.25, 0.3) is 0 Å². The molecule has 22 heavy (non-hydrogen) atoms. The van der Waals surface area contributed by atoms with Crippen LogP contribution in [0.2, 0.25) is 0 Å². The van der Waals surface area contributed by atoms with Crippen molar-refractivity contribution in [3.8, 4) is 0 Å². The average molecular weight is 314 g/mol. The van der Waals surface area contributed by atoms with E-state index >= 15 is 0 Å². The van der Waals surface area contributed by atoms with Crippen molar-refractivity contribution in [2.75, 3.05) is 0 Å². The van der Waals surface area contributed by atoms with Crippen LogP contribution in [0.3, 0.4) is 0 Å². The number of aromatic nitrogens is 3. The number of nitrogens with one attached hydrogen (secondary N) is 1. The fraction of sp³-hybridized carbons (Fsp3) is 0.571. The summed E-state index contributed by atoms with van der Waals surface area (Å²) < 4.78 is 46.0. The third-order valence-electron chi connectivity index (χ3n) is 3.82. The number of nitrogens with zero attached hydrogens (tertiary/aromatic N) is 3. The highest BCUT2D eigenvalue weighted by Gasteiger charge is 2.45. The monoisotopic (exact) mass is 314 g/mol. The van der Waals surface area contributed by atoms with E-state index in [1.807, 2.05) is 19.1 Å². The minimum atomic E-state index is -4.26. The summed E-state index contributed by atoms with van der Waals surface area (Å²) in [6.07, 6.45) is -3.69. The standard InChI is InChI=1S/C14H17F3N4O/c1-9-4-5-10(22-9)7-18-8-12-19-20-13-11(14(15,16)17)3-2-6-21(12)13/h4-5,11,18H,2-3,6-8H2,1H3. The van der Waals surface area contributed by atoms with E-state index in [9.17, 15) is 13.2 Å². The van der Waals surface area contributed by atoms with Crippen LogP contribution in [0.1, 0.15) is 41.9 Å². The number of rotatable bonds is 4. The summed E-state index contributed by atoms with van der Waals surface area (Å²) >= 11 is 0. The molecule has 0 aromatic carbocycles. The summed E-state index contributed by atoms with van der Waals surface area (Å²) in [5.41, 5.74) is 0. The lowest BCUT2D eigenvalue weighted by Crippen LogP contribution is -2.29. The first kappa shape index (κ1) is 15.1. The molecule has 0 spiro atoms. The Balaban J connectivity index is 1.67. The second-order valence-corrected chi connectivity index (χ2v) is 5.48. The smallest absolute Gasteiger partial charge is 0.398 e. The van der Waals surface area contributed by atoms with Crippen molar-refractivity contribution in [2.45, 2.75) is 51.5 Å². The molecule has 0 saturated heterocycles. The van der Waals surface area contributed by atoms with E-state index < -0.39 is 12.1 Å². The molecule has 1 aliphatic rings. The van der Waals surface area contributed by atoms with Gasteiger partial charge in [-0.2, -0.15) is 13.2 Å². The van der Waals surface area contributed by atoms with Gasteiger partial charge in [-0.15, -0.1) is 10.2 Å². The van der Waals surface area contributed by atoms with Crippen molar-refractivity contribution in [2.24, 2.45) is 0 Å². The van der Waals surface area contributed by atoms with E-state index in [2.05, 4.69) is 15.5 Å². The maximum absolute atomic E-state index is 13.0. The molecule has 0 fully saturated rings. The lowest BCUT2D eigenvalue weighted by atomic mass is 9.98. The zero-order valence-corrected chi connectivity index (χ0v) is 12.2. The molecule has 8 heteroatoms. The van der Waals surface area contributed by atoms with Crippen LogP contribution in [0.5, 0.6) is 0 Å². The Morgan fingerprint density at radius 3 is 2.82 bits per heavy atom. The Kier molecular flexibility index (Phi) is 3.94. The van der Waals surface area contributed by atoms with Gasteiger partial charge in [-0.25, -0.2) is 0 Å². The minimum absolute atomic E-state index is 0.0318. The molecule has 1 atom stereocenters. The molecule has 2 aromatic heterocycles. The molecule has 1 aliphatic heterocycles. The van der Waals surface area contributed by atoms with Crippen LogP contribution >= 0.6 is 0 Å². The van der Waals surface area contributed by atoms with Crippen LogP contribution in [-0.2, 0) is 19.6 Å². The number of aryl methyl sites for hydroxylation is 1. The van der Waals surface area contributed by atoms with E-state index in [0.717, 1.165) is 11.5 Å². The summed E-state index contributed by atoms with van der Waals surface area (Å²) in [6, 6.07) is 3.73. The molecule has 1 N–H and O–H groups in total. The summed E-state index contributed by atoms with van der Waals surface area (Å²) in [6.45, 7) is 3.25. The Bertz CT molecular complexity index is 647. The van der Waals surface area contributed by atoms with Gasteiger partial charge < -0.3 is 14.3 Å². The van der Waals surface area contributed by atoms with Crippen molar-refractivity contribution < 1.29 is 17.6 Å². The zero-order valence-electron chi connectivity index (χ0n) is 12.2. The van der Waals surface area contributed by atoms with E-state index in [1.54, 1.807) is 4.57 Å². The number of hydrogen-bond donors (Lipinski definition) is 1. The maximum atomic E-state index is 13.0. The van der Waals surface area contributed by atoms with Gasteiger partial charge in [0.05, 0.1) is 13.1 Å². The van der Waals surface area contributed by atoms with Crippen LogP contribution in [-0.4, -0.2) is 20.9 Å². The Hall–Kier alpha value is -1.83. The lowest BCUT2D eigenvalue weighted by molar-refractivity contribution is -0.156. The topological polar surface area (TPSA) is 55.9 Å². The molecule has 2 aromatic rings. The maximum Gasteiger partial charge on any atom is 0.398 e. The third-order valence-corrected chi connectivity index (χ3v) is 3.82. The van der Waals surface area contributed by atoms with Crippen LogP contribution in [0, 0.1) is 6.92 Å². The summed E-state index contributed by atoms with van der Waals surface area (Å²) in [4.78, 5) is 0. The van der Waals surface area contributed by atoms with E-state index in [4.69, 9.17) is 4.42 Å². The lowest BCUT2D eigenvalue weighted by Gasteiger charge is -2.25. The Labute approximate surface area is 125 Å². The second-order valence-electron chi connectivity index (χ2n) is 5.48. The number of hydrogen-bond acceptors (Lipinski definition) is 4. The van der Waals surface area contributed by atoms with E-state index in [1.165, 1.54) is 0 Å². The third kappa shape index (κ3) is 3.01. The molecule has 3 heterocycles. The molecule has 0 bridgehead atoms. The van der Waals surface area contributed by atoms with Crippen molar-refractivity contribution in [1.82, 2.24) is 20.1 Å². The molecule has 0 radical (unpaired) electrons. The van der Waals surface area contributed by atoms with Gasteiger partial charge in [0.15, 0.2) is 0 Å². The summed E-state index contributed by atoms with van der Waals surface area (Å²) in [5, 5.41) is 10.8.